The van der Waals surface area contributed by atoms with Gasteiger partial charge in [-0.15, -0.1) is 0 Å². The van der Waals surface area contributed by atoms with Crippen LogP contribution in [0.25, 0.3) is 0 Å². The molecule has 2 rings (SSSR count). The quantitative estimate of drug-likeness (QED) is 0.813. The summed E-state index contributed by atoms with van der Waals surface area (Å²) >= 11 is 0. The van der Waals surface area contributed by atoms with E-state index >= 15 is 0 Å². The first-order valence-corrected chi connectivity index (χ1v) is 9.08. The van der Waals surface area contributed by atoms with Gasteiger partial charge in [-0.2, -0.15) is 0 Å². The van der Waals surface area contributed by atoms with Gasteiger partial charge in [-0.3, -0.25) is 19.5 Å². The lowest BCUT2D eigenvalue weighted by molar-refractivity contribution is -0.129. The van der Waals surface area contributed by atoms with Gasteiger partial charge in [0.1, 0.15) is 0 Å². The summed E-state index contributed by atoms with van der Waals surface area (Å²) in [5.74, 6) is 0.180. The largest absolute Gasteiger partial charge is 0.345 e. The normalized spacial score (nSPS) is 20.4. The summed E-state index contributed by atoms with van der Waals surface area (Å²) < 4.78 is 0. The first kappa shape index (κ1) is 19.5. The van der Waals surface area contributed by atoms with E-state index in [1.807, 2.05) is 39.0 Å². The van der Waals surface area contributed by atoms with Gasteiger partial charge in [0.05, 0.1) is 24.3 Å². The second-order valence-corrected chi connectivity index (χ2v) is 7.39. The Kier molecular flexibility index (Phi) is 7.08. The zero-order valence-corrected chi connectivity index (χ0v) is 15.5. The molecule has 0 aromatic carbocycles. The van der Waals surface area contributed by atoms with Gasteiger partial charge >= 0.3 is 0 Å². The standard InChI is InChI=1S/C19H30N4O2/c1-13(2)10-16(20)19(25)22-17-8-5-9-23(12-18(17)24)11-15-7-4-6-14(3)21-15/h4,6-7,13,16-17H,5,8-12,20H2,1-3H3,(H,22,25)/t16-,17?/m0/s1. The number of nitrogens with zero attached hydrogens (tertiary/aromatic N) is 2. The average molecular weight is 346 g/mol. The Labute approximate surface area is 150 Å². The van der Waals surface area contributed by atoms with Crippen molar-refractivity contribution in [2.45, 2.75) is 58.7 Å². The van der Waals surface area contributed by atoms with Crippen LogP contribution >= 0.6 is 0 Å². The minimum Gasteiger partial charge on any atom is -0.345 e. The summed E-state index contributed by atoms with van der Waals surface area (Å²) in [6, 6.07) is 4.94. The number of rotatable bonds is 6. The van der Waals surface area contributed by atoms with E-state index in [4.69, 9.17) is 5.73 Å². The lowest BCUT2D eigenvalue weighted by Gasteiger charge is -2.21. The number of pyridine rings is 1. The van der Waals surface area contributed by atoms with Crippen molar-refractivity contribution in [2.75, 3.05) is 13.1 Å². The van der Waals surface area contributed by atoms with E-state index in [0.717, 1.165) is 24.4 Å². The lowest BCUT2D eigenvalue weighted by atomic mass is 10.0. The fraction of sp³-hybridized carbons (Fsp3) is 0.632. The van der Waals surface area contributed by atoms with Crippen LogP contribution in [0.1, 0.15) is 44.5 Å². The number of carbonyl (C=O) groups is 2. The predicted molar refractivity (Wildman–Crippen MR) is 97.9 cm³/mol. The van der Waals surface area contributed by atoms with E-state index in [1.54, 1.807) is 0 Å². The number of likely N-dealkylation sites (tertiary alicyclic amines) is 1. The Morgan fingerprint density at radius 3 is 2.88 bits per heavy atom. The Morgan fingerprint density at radius 1 is 1.44 bits per heavy atom. The zero-order valence-electron chi connectivity index (χ0n) is 15.5. The monoisotopic (exact) mass is 346 g/mol. The van der Waals surface area contributed by atoms with E-state index in [-0.39, 0.29) is 11.7 Å². The third-order valence-electron chi connectivity index (χ3n) is 4.45. The molecule has 1 aromatic rings. The molecule has 0 bridgehead atoms. The Hall–Kier alpha value is -1.79. The highest BCUT2D eigenvalue weighted by molar-refractivity contribution is 5.92. The fourth-order valence-electron chi connectivity index (χ4n) is 3.19. The Morgan fingerprint density at radius 2 is 2.20 bits per heavy atom. The maximum absolute atomic E-state index is 12.5. The van der Waals surface area contributed by atoms with Crippen molar-refractivity contribution in [3.8, 4) is 0 Å². The van der Waals surface area contributed by atoms with Gasteiger partial charge < -0.3 is 11.1 Å². The maximum Gasteiger partial charge on any atom is 0.237 e. The average Bonchev–Trinajstić information content (AvgIpc) is 2.68. The number of hydrogen-bond acceptors (Lipinski definition) is 5. The summed E-state index contributed by atoms with van der Waals surface area (Å²) in [5, 5.41) is 2.85. The Bertz CT molecular complexity index is 603. The zero-order chi connectivity index (χ0) is 18.4. The molecule has 138 valence electrons. The molecule has 6 nitrogen and oxygen atoms in total. The number of aryl methyl sites for hydroxylation is 1. The molecule has 0 spiro atoms. The van der Waals surface area contributed by atoms with Crippen LogP contribution in [0.15, 0.2) is 18.2 Å². The van der Waals surface area contributed by atoms with Crippen molar-refractivity contribution in [2.24, 2.45) is 11.7 Å². The summed E-state index contributed by atoms with van der Waals surface area (Å²) in [6.45, 7) is 7.83. The molecule has 2 atom stereocenters. The van der Waals surface area contributed by atoms with E-state index in [1.165, 1.54) is 0 Å². The van der Waals surface area contributed by atoms with Crippen LogP contribution in [-0.4, -0.2) is 46.7 Å². The van der Waals surface area contributed by atoms with Crippen molar-refractivity contribution in [3.05, 3.63) is 29.6 Å². The smallest absolute Gasteiger partial charge is 0.237 e. The van der Waals surface area contributed by atoms with Crippen LogP contribution in [0.2, 0.25) is 0 Å². The molecule has 1 unspecified atom stereocenters. The van der Waals surface area contributed by atoms with Crippen LogP contribution in [0.3, 0.4) is 0 Å². The molecule has 1 aliphatic rings. The van der Waals surface area contributed by atoms with Gasteiger partial charge in [-0.25, -0.2) is 0 Å². The van der Waals surface area contributed by atoms with Crippen molar-refractivity contribution in [1.29, 1.82) is 0 Å². The van der Waals surface area contributed by atoms with Crippen molar-refractivity contribution in [3.63, 3.8) is 0 Å². The van der Waals surface area contributed by atoms with Gasteiger partial charge in [0.15, 0.2) is 5.78 Å². The number of Topliss-reactive ketones (excluding diaryl/α,β-unsaturated/α-hetero) is 1. The molecule has 3 N–H and O–H groups in total. The molecular formula is C19H30N4O2. The van der Waals surface area contributed by atoms with Crippen LogP contribution in [0.4, 0.5) is 0 Å². The lowest BCUT2D eigenvalue weighted by Crippen LogP contribution is -2.49. The first-order valence-electron chi connectivity index (χ1n) is 9.08. The molecule has 1 amide bonds. The molecule has 25 heavy (non-hydrogen) atoms. The van der Waals surface area contributed by atoms with Gasteiger partial charge in [0, 0.05) is 12.2 Å². The molecule has 1 saturated heterocycles. The third-order valence-corrected chi connectivity index (χ3v) is 4.45. The summed E-state index contributed by atoms with van der Waals surface area (Å²) in [6.07, 6.45) is 2.15. The number of ketones is 1. The number of hydrogen-bond donors (Lipinski definition) is 2. The molecule has 1 aromatic heterocycles. The van der Waals surface area contributed by atoms with Crippen molar-refractivity contribution in [1.82, 2.24) is 15.2 Å². The second kappa shape index (κ2) is 9.06. The molecule has 2 heterocycles. The van der Waals surface area contributed by atoms with E-state index in [2.05, 4.69) is 15.2 Å². The van der Waals surface area contributed by atoms with Crippen LogP contribution in [-0.2, 0) is 16.1 Å². The van der Waals surface area contributed by atoms with Crippen LogP contribution < -0.4 is 11.1 Å². The minimum absolute atomic E-state index is 0.0512. The highest BCUT2D eigenvalue weighted by Crippen LogP contribution is 2.12. The molecule has 1 aliphatic heterocycles. The van der Waals surface area contributed by atoms with Gasteiger partial charge in [0.25, 0.3) is 0 Å². The molecule has 0 saturated carbocycles. The molecule has 0 aliphatic carbocycles. The predicted octanol–water partition coefficient (Wildman–Crippen LogP) is 1.41. The number of nitrogens with one attached hydrogen (secondary N) is 1. The molecule has 6 heteroatoms. The van der Waals surface area contributed by atoms with Gasteiger partial charge in [-0.1, -0.05) is 19.9 Å². The molecular weight excluding hydrogens is 316 g/mol. The summed E-state index contributed by atoms with van der Waals surface area (Å²) in [5.41, 5.74) is 7.86. The van der Waals surface area contributed by atoms with Crippen molar-refractivity contribution < 1.29 is 9.59 Å². The third kappa shape index (κ3) is 6.21. The van der Waals surface area contributed by atoms with Crippen molar-refractivity contribution >= 4 is 11.7 Å². The first-order chi connectivity index (χ1) is 11.8. The topological polar surface area (TPSA) is 88.3 Å². The number of nitrogens with two attached hydrogens (primary N) is 1. The molecule has 0 radical (unpaired) electrons. The SMILES string of the molecule is Cc1cccc(CN2CCCC(NC(=O)[C@@H](N)CC(C)C)C(=O)C2)n1. The minimum atomic E-state index is -0.552. The van der Waals surface area contributed by atoms with E-state index in [0.29, 0.717) is 31.8 Å². The highest BCUT2D eigenvalue weighted by atomic mass is 16.2. The summed E-state index contributed by atoms with van der Waals surface area (Å²) in [4.78, 5) is 31.4. The number of aromatic nitrogens is 1. The maximum atomic E-state index is 12.5. The number of carbonyl (C=O) groups excluding carboxylic acids is 2. The van der Waals surface area contributed by atoms with Crippen LogP contribution in [0.5, 0.6) is 0 Å². The summed E-state index contributed by atoms with van der Waals surface area (Å²) in [7, 11) is 0. The highest BCUT2D eigenvalue weighted by Gasteiger charge is 2.28. The second-order valence-electron chi connectivity index (χ2n) is 7.39. The fourth-order valence-corrected chi connectivity index (χ4v) is 3.19. The van der Waals surface area contributed by atoms with E-state index in [9.17, 15) is 9.59 Å². The van der Waals surface area contributed by atoms with Gasteiger partial charge in [-0.05, 0) is 50.8 Å². The van der Waals surface area contributed by atoms with E-state index < -0.39 is 12.1 Å². The number of amides is 1. The van der Waals surface area contributed by atoms with Crippen LogP contribution in [0, 0.1) is 12.8 Å². The Balaban J connectivity index is 1.91. The van der Waals surface area contributed by atoms with Gasteiger partial charge in [0.2, 0.25) is 5.91 Å². The molecule has 1 fully saturated rings.